The Morgan fingerprint density at radius 1 is 1.45 bits per heavy atom. The first-order valence-corrected chi connectivity index (χ1v) is 7.15. The van der Waals surface area contributed by atoms with Gasteiger partial charge in [-0.2, -0.15) is 0 Å². The predicted octanol–water partition coefficient (Wildman–Crippen LogP) is 1.50. The van der Waals surface area contributed by atoms with Gasteiger partial charge in [-0.3, -0.25) is 5.32 Å². The Labute approximate surface area is 120 Å². The molecular weight excluding hydrogens is 278 g/mol. The van der Waals surface area contributed by atoms with Crippen molar-refractivity contribution in [3.8, 4) is 0 Å². The fraction of sp³-hybridized carbons (Fsp3) is 0.545. The van der Waals surface area contributed by atoms with Crippen molar-refractivity contribution in [1.29, 1.82) is 0 Å². The molecule has 2 amide bonds. The highest BCUT2D eigenvalue weighted by Crippen LogP contribution is 2.16. The van der Waals surface area contributed by atoms with E-state index in [1.807, 2.05) is 14.0 Å². The molecule has 1 atom stereocenters. The molecule has 0 saturated heterocycles. The maximum Gasteiger partial charge on any atom is 0.321 e. The minimum Gasteiger partial charge on any atom is -0.328 e. The Morgan fingerprint density at radius 3 is 2.90 bits per heavy atom. The van der Waals surface area contributed by atoms with E-state index in [2.05, 4.69) is 38.0 Å². The molecule has 2 N–H and O–H groups in total. The van der Waals surface area contributed by atoms with Gasteiger partial charge < -0.3 is 9.88 Å². The normalized spacial score (nSPS) is 12.2. The molecule has 0 aliphatic carbocycles. The van der Waals surface area contributed by atoms with Crippen LogP contribution < -0.4 is 10.6 Å². The van der Waals surface area contributed by atoms with Gasteiger partial charge >= 0.3 is 6.03 Å². The highest BCUT2D eigenvalue weighted by atomic mass is 32.1. The summed E-state index contributed by atoms with van der Waals surface area (Å²) in [5.41, 5.74) is 0. The molecule has 2 aromatic rings. The smallest absolute Gasteiger partial charge is 0.321 e. The fourth-order valence-corrected chi connectivity index (χ4v) is 2.53. The van der Waals surface area contributed by atoms with Crippen LogP contribution in [0.4, 0.5) is 9.93 Å². The molecule has 2 aromatic heterocycles. The number of anilines is 1. The second-order valence-electron chi connectivity index (χ2n) is 4.37. The van der Waals surface area contributed by atoms with Crippen LogP contribution in [-0.4, -0.2) is 31.0 Å². The van der Waals surface area contributed by atoms with E-state index >= 15 is 0 Å². The number of aromatic nitrogens is 5. The second-order valence-corrected chi connectivity index (χ2v) is 5.43. The van der Waals surface area contributed by atoms with Crippen LogP contribution >= 0.6 is 11.3 Å². The summed E-state index contributed by atoms with van der Waals surface area (Å²) in [6.07, 6.45) is 3.47. The van der Waals surface area contributed by atoms with Crippen LogP contribution in [0.15, 0.2) is 6.33 Å². The molecule has 0 aliphatic rings. The summed E-state index contributed by atoms with van der Waals surface area (Å²) in [7, 11) is 1.83. The highest BCUT2D eigenvalue weighted by molar-refractivity contribution is 7.15. The molecule has 0 bridgehead atoms. The number of urea groups is 1. The first kappa shape index (κ1) is 14.4. The van der Waals surface area contributed by atoms with Crippen molar-refractivity contribution in [3.63, 3.8) is 0 Å². The van der Waals surface area contributed by atoms with Crippen LogP contribution in [0.5, 0.6) is 0 Å². The Kier molecular flexibility index (Phi) is 4.61. The van der Waals surface area contributed by atoms with Crippen LogP contribution in [0.3, 0.4) is 0 Å². The van der Waals surface area contributed by atoms with Gasteiger partial charge in [0.25, 0.3) is 0 Å². The molecule has 0 aliphatic heterocycles. The number of nitrogens with zero attached hydrogens (tertiary/aromatic N) is 5. The summed E-state index contributed by atoms with van der Waals surface area (Å²) < 4.78 is 1.76. The minimum atomic E-state index is -0.334. The first-order valence-electron chi connectivity index (χ1n) is 6.34. The van der Waals surface area contributed by atoms with Crippen LogP contribution in [0.25, 0.3) is 0 Å². The lowest BCUT2D eigenvalue weighted by Gasteiger charge is -2.12. The fourth-order valence-electron chi connectivity index (χ4n) is 1.70. The van der Waals surface area contributed by atoms with Crippen molar-refractivity contribution in [2.45, 2.75) is 32.7 Å². The monoisotopic (exact) mass is 295 g/mol. The summed E-state index contributed by atoms with van der Waals surface area (Å²) in [5.74, 6) is 0.684. The molecule has 0 fully saturated rings. The number of amides is 2. The molecule has 0 aromatic carbocycles. The highest BCUT2D eigenvalue weighted by Gasteiger charge is 2.15. The van der Waals surface area contributed by atoms with E-state index in [0.717, 1.165) is 17.8 Å². The number of hydrogen-bond donors (Lipinski definition) is 2. The van der Waals surface area contributed by atoms with E-state index < -0.39 is 0 Å². The molecule has 8 nitrogen and oxygen atoms in total. The first-order chi connectivity index (χ1) is 9.60. The van der Waals surface area contributed by atoms with Gasteiger partial charge in [0.15, 0.2) is 5.82 Å². The number of carbonyl (C=O) groups is 1. The number of nitrogens with one attached hydrogen (secondary N) is 2. The quantitative estimate of drug-likeness (QED) is 0.871. The molecular formula is C11H17N7OS. The lowest BCUT2D eigenvalue weighted by atomic mass is 10.3. The van der Waals surface area contributed by atoms with E-state index in [9.17, 15) is 4.79 Å². The summed E-state index contributed by atoms with van der Waals surface area (Å²) in [6, 6.07) is -0.578. The molecule has 0 radical (unpaired) electrons. The number of rotatable bonds is 5. The third kappa shape index (κ3) is 3.50. The Balaban J connectivity index is 1.90. The molecule has 108 valence electrons. The van der Waals surface area contributed by atoms with Crippen LogP contribution in [0, 0.1) is 0 Å². The number of carbonyl (C=O) groups excluding carboxylic acids is 1. The van der Waals surface area contributed by atoms with E-state index in [4.69, 9.17) is 0 Å². The van der Waals surface area contributed by atoms with Crippen LogP contribution in [-0.2, 0) is 13.5 Å². The molecule has 2 heterocycles. The van der Waals surface area contributed by atoms with Gasteiger partial charge in [0, 0.05) is 13.5 Å². The molecule has 0 unspecified atom stereocenters. The van der Waals surface area contributed by atoms with E-state index in [-0.39, 0.29) is 12.1 Å². The Hall–Kier alpha value is -2.03. The molecule has 0 saturated carbocycles. The summed E-state index contributed by atoms with van der Waals surface area (Å²) in [6.45, 7) is 3.91. The number of hydrogen-bond acceptors (Lipinski definition) is 6. The zero-order valence-electron chi connectivity index (χ0n) is 11.6. The summed E-state index contributed by atoms with van der Waals surface area (Å²) >= 11 is 1.39. The van der Waals surface area contributed by atoms with E-state index in [0.29, 0.717) is 11.0 Å². The average molecular weight is 295 g/mol. The molecule has 0 spiro atoms. The minimum absolute atomic E-state index is 0.245. The lowest BCUT2D eigenvalue weighted by molar-refractivity contribution is 0.248. The zero-order chi connectivity index (χ0) is 14.5. The molecule has 2 rings (SSSR count). The van der Waals surface area contributed by atoms with Gasteiger partial charge in [0.2, 0.25) is 5.13 Å². The predicted molar refractivity (Wildman–Crippen MR) is 75.5 cm³/mol. The van der Waals surface area contributed by atoms with Crippen molar-refractivity contribution < 1.29 is 4.79 Å². The van der Waals surface area contributed by atoms with E-state index in [1.165, 1.54) is 11.3 Å². The van der Waals surface area contributed by atoms with Crippen LogP contribution in [0.2, 0.25) is 0 Å². The van der Waals surface area contributed by atoms with Gasteiger partial charge in [-0.05, 0) is 13.3 Å². The van der Waals surface area contributed by atoms with Crippen molar-refractivity contribution in [3.05, 3.63) is 17.2 Å². The van der Waals surface area contributed by atoms with Crippen molar-refractivity contribution in [2.24, 2.45) is 7.05 Å². The third-order valence-electron chi connectivity index (χ3n) is 2.63. The topological polar surface area (TPSA) is 97.6 Å². The lowest BCUT2D eigenvalue weighted by Crippen LogP contribution is -2.32. The Morgan fingerprint density at radius 2 is 2.25 bits per heavy atom. The van der Waals surface area contributed by atoms with Crippen molar-refractivity contribution >= 4 is 22.5 Å². The van der Waals surface area contributed by atoms with Gasteiger partial charge in [-0.1, -0.05) is 18.3 Å². The molecule has 20 heavy (non-hydrogen) atoms. The summed E-state index contributed by atoms with van der Waals surface area (Å²) in [5, 5.41) is 22.5. The van der Waals surface area contributed by atoms with E-state index in [1.54, 1.807) is 10.9 Å². The van der Waals surface area contributed by atoms with Gasteiger partial charge in [0.05, 0.1) is 6.04 Å². The van der Waals surface area contributed by atoms with Crippen molar-refractivity contribution in [2.75, 3.05) is 5.32 Å². The van der Waals surface area contributed by atoms with Crippen LogP contribution in [0.1, 0.15) is 37.1 Å². The zero-order valence-corrected chi connectivity index (χ0v) is 12.4. The average Bonchev–Trinajstić information content (AvgIpc) is 2.99. The number of aryl methyl sites for hydroxylation is 2. The van der Waals surface area contributed by atoms with Gasteiger partial charge in [0.1, 0.15) is 11.3 Å². The molecule has 9 heteroatoms. The van der Waals surface area contributed by atoms with Gasteiger partial charge in [-0.25, -0.2) is 4.79 Å². The second kappa shape index (κ2) is 6.42. The van der Waals surface area contributed by atoms with Gasteiger partial charge in [-0.15, -0.1) is 20.4 Å². The third-order valence-corrected chi connectivity index (χ3v) is 3.53. The largest absolute Gasteiger partial charge is 0.328 e. The summed E-state index contributed by atoms with van der Waals surface area (Å²) in [4.78, 5) is 11.9. The standard InChI is InChI=1S/C11H17N7OS/c1-4-5-8-15-17-11(20-8)14-10(19)13-7(2)9-16-12-6-18(9)3/h6-7H,4-5H2,1-3H3,(H2,13,14,17,19)/t7-/m1/s1. The maximum atomic E-state index is 11.9. The maximum absolute atomic E-state index is 11.9. The SMILES string of the molecule is CCCc1nnc(NC(=O)N[C@H](C)c2nncn2C)s1. The van der Waals surface area contributed by atoms with Crippen molar-refractivity contribution in [1.82, 2.24) is 30.3 Å². The Bertz CT molecular complexity index is 579.